The monoisotopic (exact) mass is 544 g/mol. The van der Waals surface area contributed by atoms with Gasteiger partial charge in [0.05, 0.1) is 30.9 Å². The maximum Gasteiger partial charge on any atom is 0.305 e. The highest BCUT2D eigenvalue weighted by Gasteiger charge is 2.13. The molecule has 1 heterocycles. The molecule has 0 radical (unpaired) electrons. The van der Waals surface area contributed by atoms with Crippen molar-refractivity contribution < 1.29 is 23.8 Å². The molecule has 1 aromatic heterocycles. The summed E-state index contributed by atoms with van der Waals surface area (Å²) in [7, 11) is 0. The Labute approximate surface area is 236 Å². The maximum absolute atomic E-state index is 11.6. The Bertz CT molecular complexity index is 1410. The number of nitrogens with zero attached hydrogens (tertiary/aromatic N) is 2. The van der Waals surface area contributed by atoms with E-state index in [1.165, 1.54) is 0 Å². The summed E-state index contributed by atoms with van der Waals surface area (Å²) in [6.45, 7) is 5.99. The number of hydrogen-bond donors (Lipinski definition) is 0. The molecule has 7 heteroatoms. The van der Waals surface area contributed by atoms with Crippen LogP contribution >= 0.6 is 0 Å². The zero-order valence-electron chi connectivity index (χ0n) is 23.7. The molecule has 4 aromatic rings. The first-order valence-electron chi connectivity index (χ1n) is 14.5. The average molecular weight is 545 g/mol. The largest absolute Gasteiger partial charge is 0.494 e. The van der Waals surface area contributed by atoms with Gasteiger partial charge in [0.15, 0.2) is 0 Å². The molecule has 0 saturated heterocycles. The molecule has 0 N–H and O–H groups in total. The van der Waals surface area contributed by atoms with Crippen molar-refractivity contribution >= 4 is 33.7 Å². The summed E-state index contributed by atoms with van der Waals surface area (Å²) in [6.07, 6.45) is 6.33. The summed E-state index contributed by atoms with van der Waals surface area (Å²) in [5.41, 5.74) is 3.18. The number of carbonyl (C=O) groups is 2. The Morgan fingerprint density at radius 1 is 0.750 bits per heavy atom. The van der Waals surface area contributed by atoms with Crippen LogP contribution in [-0.4, -0.2) is 41.3 Å². The molecule has 0 fully saturated rings. The fourth-order valence-electron chi connectivity index (χ4n) is 4.90. The van der Waals surface area contributed by atoms with E-state index < -0.39 is 0 Å². The second-order valence-corrected chi connectivity index (χ2v) is 9.88. The topological polar surface area (TPSA) is 79.7 Å². The van der Waals surface area contributed by atoms with E-state index >= 15 is 0 Å². The lowest BCUT2D eigenvalue weighted by Gasteiger charge is -2.11. The molecule has 0 bridgehead atoms. The molecule has 212 valence electrons. The summed E-state index contributed by atoms with van der Waals surface area (Å²) in [5.74, 6) is 1.56. The number of para-hydroxylation sites is 2. The first-order valence-corrected chi connectivity index (χ1v) is 14.5. The molecule has 0 aliphatic rings. The fourth-order valence-corrected chi connectivity index (χ4v) is 4.90. The minimum absolute atomic E-state index is 0.118. The van der Waals surface area contributed by atoms with Gasteiger partial charge in [0.25, 0.3) is 0 Å². The summed E-state index contributed by atoms with van der Waals surface area (Å²) in [6, 6.07) is 20.9. The highest BCUT2D eigenvalue weighted by molar-refractivity contribution is 5.89. The van der Waals surface area contributed by atoms with Crippen LogP contribution in [0.5, 0.6) is 5.75 Å². The van der Waals surface area contributed by atoms with Crippen LogP contribution in [0, 0.1) is 0 Å². The molecule has 40 heavy (non-hydrogen) atoms. The van der Waals surface area contributed by atoms with Crippen molar-refractivity contribution in [3.8, 4) is 17.1 Å². The number of hydrogen-bond acceptors (Lipinski definition) is 6. The van der Waals surface area contributed by atoms with E-state index in [9.17, 15) is 9.59 Å². The van der Waals surface area contributed by atoms with E-state index in [1.807, 2.05) is 32.0 Å². The number of unbranched alkanes of at least 4 members (excludes halogenated alkanes) is 4. The smallest absolute Gasteiger partial charge is 0.305 e. The van der Waals surface area contributed by atoms with Crippen molar-refractivity contribution in [2.45, 2.75) is 71.8 Å². The summed E-state index contributed by atoms with van der Waals surface area (Å²) in [4.78, 5) is 28.1. The Kier molecular flexibility index (Phi) is 11.0. The molecular formula is C33H40N2O5. The van der Waals surface area contributed by atoms with Crippen molar-refractivity contribution in [3.05, 3.63) is 60.7 Å². The van der Waals surface area contributed by atoms with Gasteiger partial charge in [-0.15, -0.1) is 0 Å². The standard InChI is InChI=1S/C33H40N2O5/c1-3-38-31(36)15-7-5-11-21-35-30-14-10-9-13-29(30)34-33(35)27-18-17-26-24-28(20-19-25(26)23-27)40-22-12-6-8-16-32(37)39-4-2/h9-10,13-14,17-20,23-24H,3-8,11-12,15-16,21-22H2,1-2H3. The Balaban J connectivity index is 1.38. The van der Waals surface area contributed by atoms with Crippen LogP contribution in [-0.2, 0) is 25.6 Å². The van der Waals surface area contributed by atoms with Crippen molar-refractivity contribution in [3.63, 3.8) is 0 Å². The molecule has 0 unspecified atom stereocenters. The number of aryl methyl sites for hydroxylation is 1. The van der Waals surface area contributed by atoms with Crippen LogP contribution in [0.4, 0.5) is 0 Å². The van der Waals surface area contributed by atoms with Gasteiger partial charge in [-0.2, -0.15) is 0 Å². The molecule has 0 amide bonds. The minimum Gasteiger partial charge on any atom is -0.494 e. The molecule has 0 atom stereocenters. The number of fused-ring (bicyclic) bond motifs is 2. The van der Waals surface area contributed by atoms with Gasteiger partial charge in [-0.3, -0.25) is 9.59 Å². The van der Waals surface area contributed by atoms with E-state index in [0.717, 1.165) is 84.0 Å². The number of esters is 2. The second-order valence-electron chi connectivity index (χ2n) is 9.88. The van der Waals surface area contributed by atoms with Crippen molar-refractivity contribution in [1.29, 1.82) is 0 Å². The van der Waals surface area contributed by atoms with E-state index in [1.54, 1.807) is 0 Å². The van der Waals surface area contributed by atoms with Crippen molar-refractivity contribution in [2.24, 2.45) is 0 Å². The van der Waals surface area contributed by atoms with Crippen LogP contribution in [0.1, 0.15) is 65.2 Å². The van der Waals surface area contributed by atoms with Crippen LogP contribution in [0.2, 0.25) is 0 Å². The van der Waals surface area contributed by atoms with Crippen LogP contribution in [0.3, 0.4) is 0 Å². The molecule has 0 spiro atoms. The number of ether oxygens (including phenoxy) is 3. The van der Waals surface area contributed by atoms with Crippen LogP contribution in [0.15, 0.2) is 60.7 Å². The van der Waals surface area contributed by atoms with E-state index in [4.69, 9.17) is 19.2 Å². The highest BCUT2D eigenvalue weighted by Crippen LogP contribution is 2.30. The van der Waals surface area contributed by atoms with Gasteiger partial charge >= 0.3 is 11.9 Å². The van der Waals surface area contributed by atoms with Gasteiger partial charge in [-0.25, -0.2) is 4.98 Å². The summed E-state index contributed by atoms with van der Waals surface area (Å²) in [5, 5.41) is 2.25. The number of rotatable bonds is 16. The number of imidazole rings is 1. The van der Waals surface area contributed by atoms with Gasteiger partial charge in [0.2, 0.25) is 0 Å². The third-order valence-electron chi connectivity index (χ3n) is 6.89. The molecule has 4 rings (SSSR count). The quantitative estimate of drug-likeness (QED) is 0.107. The average Bonchev–Trinajstić information content (AvgIpc) is 3.33. The predicted molar refractivity (Wildman–Crippen MR) is 158 cm³/mol. The lowest BCUT2D eigenvalue weighted by atomic mass is 10.1. The van der Waals surface area contributed by atoms with Crippen LogP contribution < -0.4 is 4.74 Å². The second kappa shape index (κ2) is 15.1. The van der Waals surface area contributed by atoms with E-state index in [-0.39, 0.29) is 11.9 Å². The van der Waals surface area contributed by atoms with Gasteiger partial charge in [-0.1, -0.05) is 36.8 Å². The maximum atomic E-state index is 11.6. The highest BCUT2D eigenvalue weighted by atomic mass is 16.5. The first kappa shape index (κ1) is 29.1. The first-order chi connectivity index (χ1) is 19.6. The lowest BCUT2D eigenvalue weighted by Crippen LogP contribution is -2.04. The van der Waals surface area contributed by atoms with Crippen molar-refractivity contribution in [1.82, 2.24) is 9.55 Å². The predicted octanol–water partition coefficient (Wildman–Crippen LogP) is 7.48. The Hall–Kier alpha value is -3.87. The summed E-state index contributed by atoms with van der Waals surface area (Å²) >= 11 is 0. The molecular weight excluding hydrogens is 504 g/mol. The normalized spacial score (nSPS) is 11.2. The van der Waals surface area contributed by atoms with Gasteiger partial charge < -0.3 is 18.8 Å². The van der Waals surface area contributed by atoms with Gasteiger partial charge in [0, 0.05) is 24.9 Å². The molecule has 7 nitrogen and oxygen atoms in total. The Morgan fingerprint density at radius 3 is 2.17 bits per heavy atom. The van der Waals surface area contributed by atoms with Crippen molar-refractivity contribution in [2.75, 3.05) is 19.8 Å². The third-order valence-corrected chi connectivity index (χ3v) is 6.89. The number of benzene rings is 3. The molecule has 3 aromatic carbocycles. The fraction of sp³-hybridized carbons (Fsp3) is 0.424. The van der Waals surface area contributed by atoms with E-state index in [0.29, 0.717) is 32.7 Å². The zero-order chi connectivity index (χ0) is 28.2. The Morgan fingerprint density at radius 2 is 1.43 bits per heavy atom. The van der Waals surface area contributed by atoms with Gasteiger partial charge in [-0.05, 0) is 87.1 Å². The third kappa shape index (κ3) is 8.07. The lowest BCUT2D eigenvalue weighted by molar-refractivity contribution is -0.144. The zero-order valence-corrected chi connectivity index (χ0v) is 23.7. The minimum atomic E-state index is -0.126. The van der Waals surface area contributed by atoms with E-state index in [2.05, 4.69) is 47.0 Å². The SMILES string of the molecule is CCOC(=O)CCCCCOc1ccc2cc(-c3nc4ccccc4n3CCCCCC(=O)OCC)ccc2c1. The van der Waals surface area contributed by atoms with Crippen LogP contribution in [0.25, 0.3) is 33.2 Å². The van der Waals surface area contributed by atoms with Gasteiger partial charge in [0.1, 0.15) is 11.6 Å². The molecule has 0 aliphatic heterocycles. The molecule has 0 saturated carbocycles. The number of carbonyl (C=O) groups excluding carboxylic acids is 2. The summed E-state index contributed by atoms with van der Waals surface area (Å²) < 4.78 is 18.3. The molecule has 0 aliphatic carbocycles. The number of aromatic nitrogens is 2.